The zero-order valence-corrected chi connectivity index (χ0v) is 8.11. The molecular formula is C9H11N3O3. The molecule has 1 aromatic rings. The lowest BCUT2D eigenvalue weighted by Crippen LogP contribution is -1.93. The van der Waals surface area contributed by atoms with E-state index in [4.69, 9.17) is 20.4 Å². The number of hydrogen-bond acceptors (Lipinski definition) is 6. The maximum Gasteiger partial charge on any atom is 0.231 e. The fourth-order valence-corrected chi connectivity index (χ4v) is 0.624. The summed E-state index contributed by atoms with van der Waals surface area (Å²) in [4.78, 5) is 21.4. The Morgan fingerprint density at radius 2 is 1.53 bits per heavy atom. The number of rotatable bonds is 2. The van der Waals surface area contributed by atoms with Crippen LogP contribution in [0.3, 0.4) is 0 Å². The molecule has 6 nitrogen and oxygen atoms in total. The fourth-order valence-electron chi connectivity index (χ4n) is 0.624. The third kappa shape index (κ3) is 14.6. The number of benzene rings is 1. The van der Waals surface area contributed by atoms with E-state index in [0.717, 1.165) is 17.8 Å². The van der Waals surface area contributed by atoms with Gasteiger partial charge in [-0.05, 0) is 12.1 Å². The molecular weight excluding hydrogens is 198 g/mol. The zero-order chi connectivity index (χ0) is 11.9. The third-order valence-electron chi connectivity index (χ3n) is 0.994. The van der Waals surface area contributed by atoms with Crippen LogP contribution in [0, 0.1) is 10.8 Å². The minimum absolute atomic E-state index is 0.750. The van der Waals surface area contributed by atoms with Gasteiger partial charge in [-0.15, -0.1) is 0 Å². The molecule has 0 spiro atoms. The van der Waals surface area contributed by atoms with Crippen LogP contribution in [0.4, 0.5) is 5.69 Å². The van der Waals surface area contributed by atoms with Gasteiger partial charge >= 0.3 is 0 Å². The van der Waals surface area contributed by atoms with Crippen LogP contribution in [-0.2, 0) is 14.4 Å². The average molecular weight is 209 g/mol. The minimum atomic E-state index is 0.750. The van der Waals surface area contributed by atoms with Crippen LogP contribution in [-0.4, -0.2) is 19.3 Å². The second-order valence-corrected chi connectivity index (χ2v) is 1.88. The molecule has 0 saturated carbocycles. The van der Waals surface area contributed by atoms with E-state index in [9.17, 15) is 0 Å². The number of para-hydroxylation sites is 1. The van der Waals surface area contributed by atoms with Gasteiger partial charge in [-0.3, -0.25) is 10.3 Å². The summed E-state index contributed by atoms with van der Waals surface area (Å²) in [6, 6.07) is 9.72. The van der Waals surface area contributed by atoms with Crippen LogP contribution < -0.4 is 5.48 Å². The molecule has 0 bridgehead atoms. The van der Waals surface area contributed by atoms with Crippen LogP contribution in [0.5, 0.6) is 0 Å². The summed E-state index contributed by atoms with van der Waals surface area (Å²) in [6.45, 7) is 0. The van der Waals surface area contributed by atoms with E-state index in [2.05, 4.69) is 10.3 Å². The van der Waals surface area contributed by atoms with Crippen LogP contribution in [0.1, 0.15) is 0 Å². The summed E-state index contributed by atoms with van der Waals surface area (Å²) in [5.41, 5.74) is 3.68. The van der Waals surface area contributed by atoms with Gasteiger partial charge in [0, 0.05) is 0 Å². The molecule has 0 aromatic heterocycles. The van der Waals surface area contributed by atoms with Crippen molar-refractivity contribution in [3.63, 3.8) is 0 Å². The van der Waals surface area contributed by atoms with Crippen LogP contribution >= 0.6 is 0 Å². The third-order valence-corrected chi connectivity index (χ3v) is 0.994. The highest BCUT2D eigenvalue weighted by atomic mass is 16.6. The molecule has 15 heavy (non-hydrogen) atoms. The lowest BCUT2D eigenvalue weighted by molar-refractivity contribution is 0.271. The topological polar surface area (TPSA) is 103 Å². The Morgan fingerprint density at radius 1 is 1.13 bits per heavy atom. The summed E-state index contributed by atoms with van der Waals surface area (Å²) in [6.07, 6.45) is 1.50. The van der Waals surface area contributed by atoms with Crippen molar-refractivity contribution < 1.29 is 14.4 Å². The van der Waals surface area contributed by atoms with Gasteiger partial charge in [0.25, 0.3) is 0 Å². The Morgan fingerprint density at radius 3 is 1.87 bits per heavy atom. The van der Waals surface area contributed by atoms with Gasteiger partial charge in [0.05, 0.1) is 12.8 Å². The summed E-state index contributed by atoms with van der Waals surface area (Å²) in [5, 5.41) is 10.8. The van der Waals surface area contributed by atoms with E-state index in [1.165, 1.54) is 0 Å². The smallest absolute Gasteiger partial charge is 0.231 e. The van der Waals surface area contributed by atoms with Crippen molar-refractivity contribution in [1.29, 1.82) is 10.8 Å². The Kier molecular flexibility index (Phi) is 14.5. The maximum absolute atomic E-state index is 8.35. The highest BCUT2D eigenvalue weighted by Crippen LogP contribution is 2.03. The van der Waals surface area contributed by atoms with E-state index in [1.54, 1.807) is 7.11 Å². The van der Waals surface area contributed by atoms with E-state index >= 15 is 0 Å². The second kappa shape index (κ2) is 14.3. The SMILES string of the molecule is CONc1ccccc1.N=C=O.N=C=O. The van der Waals surface area contributed by atoms with Gasteiger partial charge in [0.15, 0.2) is 0 Å². The first kappa shape index (κ1) is 15.2. The number of carbonyl (C=O) groups excluding carboxylic acids is 2. The van der Waals surface area contributed by atoms with E-state index in [-0.39, 0.29) is 0 Å². The van der Waals surface area contributed by atoms with Crippen LogP contribution in [0.25, 0.3) is 0 Å². The standard InChI is InChI=1S/C7H9NO.2CHNO/c1-9-8-7-5-3-2-4-6-7;2*2-1-3/h2-6,8H,1H3;2*2H. The molecule has 6 heteroatoms. The molecule has 0 radical (unpaired) electrons. The molecule has 80 valence electrons. The summed E-state index contributed by atoms with van der Waals surface area (Å²) in [5.74, 6) is 0. The Bertz CT molecular complexity index is 290. The number of nitrogens with one attached hydrogen (secondary N) is 3. The largest absolute Gasteiger partial charge is 0.279 e. The van der Waals surface area contributed by atoms with Crippen molar-refractivity contribution in [2.45, 2.75) is 0 Å². The van der Waals surface area contributed by atoms with Gasteiger partial charge < -0.3 is 0 Å². The normalized spacial score (nSPS) is 6.47. The summed E-state index contributed by atoms with van der Waals surface area (Å²) >= 11 is 0. The molecule has 0 aliphatic rings. The number of isocyanates is 2. The second-order valence-electron chi connectivity index (χ2n) is 1.88. The highest BCUT2D eigenvalue weighted by Gasteiger charge is 1.82. The van der Waals surface area contributed by atoms with Crippen LogP contribution in [0.15, 0.2) is 30.3 Å². The molecule has 1 aromatic carbocycles. The average Bonchev–Trinajstić information content (AvgIpc) is 2.22. The van der Waals surface area contributed by atoms with Crippen molar-refractivity contribution in [3.8, 4) is 0 Å². The van der Waals surface area contributed by atoms with Gasteiger partial charge in [0.2, 0.25) is 12.2 Å². The minimum Gasteiger partial charge on any atom is -0.279 e. The Labute approximate surface area is 86.8 Å². The van der Waals surface area contributed by atoms with Crippen molar-refractivity contribution in [2.24, 2.45) is 0 Å². The molecule has 0 unspecified atom stereocenters. The predicted molar refractivity (Wildman–Crippen MR) is 53.9 cm³/mol. The summed E-state index contributed by atoms with van der Waals surface area (Å²) in [7, 11) is 1.59. The lowest BCUT2D eigenvalue weighted by atomic mass is 10.3. The molecule has 3 N–H and O–H groups in total. The highest BCUT2D eigenvalue weighted by molar-refractivity contribution is 5.39. The molecule has 0 atom stereocenters. The van der Waals surface area contributed by atoms with E-state index in [0.29, 0.717) is 0 Å². The monoisotopic (exact) mass is 209 g/mol. The molecule has 0 amide bonds. The lowest BCUT2D eigenvalue weighted by Gasteiger charge is -1.99. The zero-order valence-electron chi connectivity index (χ0n) is 8.11. The Balaban J connectivity index is 0. The fraction of sp³-hybridized carbons (Fsp3) is 0.111. The van der Waals surface area contributed by atoms with Gasteiger partial charge in [0.1, 0.15) is 0 Å². The first-order valence-electron chi connectivity index (χ1n) is 3.68. The quantitative estimate of drug-likeness (QED) is 0.389. The molecule has 0 aliphatic carbocycles. The summed E-state index contributed by atoms with van der Waals surface area (Å²) < 4.78 is 0. The molecule has 1 rings (SSSR count). The van der Waals surface area contributed by atoms with E-state index in [1.807, 2.05) is 30.3 Å². The molecule has 0 fully saturated rings. The van der Waals surface area contributed by atoms with Crippen molar-refractivity contribution in [3.05, 3.63) is 30.3 Å². The predicted octanol–water partition coefficient (Wildman–Crippen LogP) is 1.46. The molecule has 0 heterocycles. The van der Waals surface area contributed by atoms with Gasteiger partial charge in [-0.1, -0.05) is 18.2 Å². The Hall–Kier alpha value is -2.26. The number of anilines is 1. The first-order valence-corrected chi connectivity index (χ1v) is 3.68. The van der Waals surface area contributed by atoms with Gasteiger partial charge in [-0.25, -0.2) is 20.4 Å². The maximum atomic E-state index is 8.35. The van der Waals surface area contributed by atoms with Crippen molar-refractivity contribution in [1.82, 2.24) is 0 Å². The van der Waals surface area contributed by atoms with Crippen molar-refractivity contribution >= 4 is 17.8 Å². The first-order chi connectivity index (χ1) is 7.26. The van der Waals surface area contributed by atoms with E-state index < -0.39 is 0 Å². The number of hydrogen-bond donors (Lipinski definition) is 3. The van der Waals surface area contributed by atoms with Crippen LogP contribution in [0.2, 0.25) is 0 Å². The van der Waals surface area contributed by atoms with Gasteiger partial charge in [-0.2, -0.15) is 0 Å². The van der Waals surface area contributed by atoms with Crippen molar-refractivity contribution in [2.75, 3.05) is 12.6 Å². The molecule has 0 saturated heterocycles. The molecule has 0 aliphatic heterocycles.